The van der Waals surface area contributed by atoms with E-state index in [0.29, 0.717) is 24.5 Å². The van der Waals surface area contributed by atoms with Gasteiger partial charge in [0.05, 0.1) is 27.2 Å². The first-order chi connectivity index (χ1) is 12.2. The van der Waals surface area contributed by atoms with Gasteiger partial charge in [-0.15, -0.1) is 13.2 Å². The summed E-state index contributed by atoms with van der Waals surface area (Å²) in [6.45, 7) is 16.3. The van der Waals surface area contributed by atoms with Crippen LogP contribution in [0.3, 0.4) is 0 Å². The smallest absolute Gasteiger partial charge is 0.307 e. The molecule has 4 heteroatoms. The minimum absolute atomic E-state index is 0.161. The number of benzene rings is 1. The van der Waals surface area contributed by atoms with Crippen LogP contribution in [0.15, 0.2) is 37.4 Å². The number of rotatable bonds is 10. The van der Waals surface area contributed by atoms with E-state index in [4.69, 9.17) is 14.2 Å². The van der Waals surface area contributed by atoms with Gasteiger partial charge in [0.15, 0.2) is 11.5 Å². The molecule has 0 saturated carbocycles. The quantitative estimate of drug-likeness (QED) is 0.435. The van der Waals surface area contributed by atoms with Crippen LogP contribution < -0.4 is 9.47 Å². The van der Waals surface area contributed by atoms with Crippen molar-refractivity contribution in [2.24, 2.45) is 5.41 Å². The second-order valence-corrected chi connectivity index (χ2v) is 7.08. The molecule has 26 heavy (non-hydrogen) atoms. The molecule has 0 saturated heterocycles. The van der Waals surface area contributed by atoms with Gasteiger partial charge in [0, 0.05) is 11.0 Å². The highest BCUT2D eigenvalue weighted by Crippen LogP contribution is 2.53. The molecule has 0 heterocycles. The molecule has 0 N–H and O–H groups in total. The zero-order valence-electron chi connectivity index (χ0n) is 17.0. The largest absolute Gasteiger partial charge is 0.493 e. The summed E-state index contributed by atoms with van der Waals surface area (Å²) in [7, 11) is 3.21. The van der Waals surface area contributed by atoms with Crippen molar-refractivity contribution in [2.45, 2.75) is 46.0 Å². The minimum Gasteiger partial charge on any atom is -0.493 e. The van der Waals surface area contributed by atoms with Gasteiger partial charge in [0.25, 0.3) is 0 Å². The van der Waals surface area contributed by atoms with Crippen molar-refractivity contribution in [3.8, 4) is 11.5 Å². The van der Waals surface area contributed by atoms with E-state index in [2.05, 4.69) is 27.0 Å². The van der Waals surface area contributed by atoms with E-state index in [1.807, 2.05) is 31.2 Å². The number of allylic oxidation sites excluding steroid dienone is 2. The molecule has 0 aromatic heterocycles. The Bertz CT molecular complexity index is 660. The first-order valence-corrected chi connectivity index (χ1v) is 8.86. The molecule has 0 aliphatic heterocycles. The van der Waals surface area contributed by atoms with Gasteiger partial charge < -0.3 is 14.2 Å². The molecule has 0 spiro atoms. The summed E-state index contributed by atoms with van der Waals surface area (Å²) in [5.74, 6) is 0.971. The summed E-state index contributed by atoms with van der Waals surface area (Å²) < 4.78 is 16.5. The maximum atomic E-state index is 12.5. The van der Waals surface area contributed by atoms with Crippen LogP contribution in [0, 0.1) is 12.3 Å². The third kappa shape index (κ3) is 4.12. The van der Waals surface area contributed by atoms with E-state index in [-0.39, 0.29) is 17.8 Å². The lowest BCUT2D eigenvalue weighted by Crippen LogP contribution is -2.42. The molecular formula is C22H32O4. The number of carbonyl (C=O) groups excluding carboxylic acids is 1. The average Bonchev–Trinajstić information content (AvgIpc) is 2.58. The van der Waals surface area contributed by atoms with Crippen LogP contribution in [-0.2, 0) is 14.9 Å². The third-order valence-electron chi connectivity index (χ3n) is 5.04. The molecule has 1 aromatic carbocycles. The molecule has 4 nitrogen and oxygen atoms in total. The number of esters is 1. The average molecular weight is 360 g/mol. The summed E-state index contributed by atoms with van der Waals surface area (Å²) in [5, 5.41) is 0. The normalized spacial score (nSPS) is 13.5. The fourth-order valence-corrected chi connectivity index (χ4v) is 3.57. The van der Waals surface area contributed by atoms with Gasteiger partial charge in [-0.25, -0.2) is 0 Å². The van der Waals surface area contributed by atoms with E-state index in [0.717, 1.165) is 11.1 Å². The number of carbonyl (C=O) groups is 1. The highest BCUT2D eigenvalue weighted by molar-refractivity contribution is 5.73. The van der Waals surface area contributed by atoms with E-state index in [1.54, 1.807) is 21.1 Å². The predicted octanol–water partition coefficient (Wildman–Crippen LogP) is 4.99. The van der Waals surface area contributed by atoms with Crippen LogP contribution >= 0.6 is 0 Å². The van der Waals surface area contributed by atoms with Crippen LogP contribution in [0.1, 0.15) is 44.7 Å². The minimum atomic E-state index is -0.710. The second kappa shape index (κ2) is 8.93. The fraction of sp³-hybridized carbons (Fsp3) is 0.500. The Morgan fingerprint density at radius 1 is 1.19 bits per heavy atom. The van der Waals surface area contributed by atoms with Crippen LogP contribution in [-0.4, -0.2) is 26.8 Å². The van der Waals surface area contributed by atoms with Gasteiger partial charge in [0.1, 0.15) is 0 Å². The van der Waals surface area contributed by atoms with Crippen molar-refractivity contribution in [1.29, 1.82) is 0 Å². The van der Waals surface area contributed by atoms with Crippen LogP contribution in [0.25, 0.3) is 0 Å². The Labute approximate surface area is 157 Å². The van der Waals surface area contributed by atoms with Gasteiger partial charge in [-0.2, -0.15) is 0 Å². The standard InChI is InChI=1S/C22H32O4/c1-9-12-21(5,6)22(10-2,15-19(23)26-11-3)17-13-16(4)14-18(24-7)20(17)25-8/h9-10,13-14H,1-2,11-12,15H2,3-8H3. The number of methoxy groups -OCH3 is 2. The van der Waals surface area contributed by atoms with Crippen molar-refractivity contribution in [1.82, 2.24) is 0 Å². The lowest BCUT2D eigenvalue weighted by Gasteiger charge is -2.45. The lowest BCUT2D eigenvalue weighted by molar-refractivity contribution is -0.145. The van der Waals surface area contributed by atoms with Crippen molar-refractivity contribution in [2.75, 3.05) is 20.8 Å². The first-order valence-electron chi connectivity index (χ1n) is 8.86. The highest BCUT2D eigenvalue weighted by atomic mass is 16.5. The van der Waals surface area contributed by atoms with E-state index in [9.17, 15) is 4.79 Å². The van der Waals surface area contributed by atoms with Gasteiger partial charge in [0.2, 0.25) is 0 Å². The Kier molecular flexibility index (Phi) is 7.49. The summed E-state index contributed by atoms with van der Waals surface area (Å²) >= 11 is 0. The van der Waals surface area contributed by atoms with Crippen molar-refractivity contribution in [3.05, 3.63) is 48.6 Å². The van der Waals surface area contributed by atoms with Crippen molar-refractivity contribution in [3.63, 3.8) is 0 Å². The molecule has 144 valence electrons. The molecule has 0 bridgehead atoms. The SMILES string of the molecule is C=CCC(C)(C)C(C=C)(CC(=O)OCC)c1cc(C)cc(OC)c1OC. The molecular weight excluding hydrogens is 328 g/mol. The van der Waals surface area contributed by atoms with Gasteiger partial charge in [-0.05, 0) is 37.3 Å². The van der Waals surface area contributed by atoms with Gasteiger partial charge in [-0.1, -0.05) is 32.1 Å². The van der Waals surface area contributed by atoms with E-state index >= 15 is 0 Å². The zero-order valence-corrected chi connectivity index (χ0v) is 17.0. The van der Waals surface area contributed by atoms with Crippen LogP contribution in [0.2, 0.25) is 0 Å². The predicted molar refractivity (Wildman–Crippen MR) is 106 cm³/mol. The van der Waals surface area contributed by atoms with E-state index < -0.39 is 5.41 Å². The first kappa shape index (κ1) is 21.8. The van der Waals surface area contributed by atoms with Crippen LogP contribution in [0.5, 0.6) is 11.5 Å². The number of ether oxygens (including phenoxy) is 3. The molecule has 1 aromatic rings. The molecule has 0 fully saturated rings. The summed E-state index contributed by atoms with van der Waals surface area (Å²) in [5.41, 5.74) is 0.821. The van der Waals surface area contributed by atoms with E-state index in [1.165, 1.54) is 0 Å². The maximum Gasteiger partial charge on any atom is 0.307 e. The van der Waals surface area contributed by atoms with Crippen molar-refractivity contribution < 1.29 is 19.0 Å². The fourth-order valence-electron chi connectivity index (χ4n) is 3.57. The molecule has 1 rings (SSSR count). The van der Waals surface area contributed by atoms with Crippen LogP contribution in [0.4, 0.5) is 0 Å². The highest BCUT2D eigenvalue weighted by Gasteiger charge is 2.47. The van der Waals surface area contributed by atoms with Crippen molar-refractivity contribution >= 4 is 5.97 Å². The molecule has 0 aliphatic rings. The zero-order chi connectivity index (χ0) is 20.0. The molecule has 1 atom stereocenters. The lowest BCUT2D eigenvalue weighted by atomic mass is 9.58. The summed E-state index contributed by atoms with van der Waals surface area (Å²) in [6.07, 6.45) is 4.55. The molecule has 1 unspecified atom stereocenters. The number of hydrogen-bond acceptors (Lipinski definition) is 4. The second-order valence-electron chi connectivity index (χ2n) is 7.08. The monoisotopic (exact) mass is 360 g/mol. The Morgan fingerprint density at radius 3 is 2.31 bits per heavy atom. The van der Waals surface area contributed by atoms with Gasteiger partial charge >= 0.3 is 5.97 Å². The Morgan fingerprint density at radius 2 is 1.85 bits per heavy atom. The molecule has 0 amide bonds. The number of hydrogen-bond donors (Lipinski definition) is 0. The van der Waals surface area contributed by atoms with Gasteiger partial charge in [-0.3, -0.25) is 4.79 Å². The molecule has 0 aliphatic carbocycles. The number of aryl methyl sites for hydroxylation is 1. The topological polar surface area (TPSA) is 44.8 Å². The Hall–Kier alpha value is -2.23. The summed E-state index contributed by atoms with van der Waals surface area (Å²) in [4.78, 5) is 12.5. The maximum absolute atomic E-state index is 12.5. The summed E-state index contributed by atoms with van der Waals surface area (Å²) in [6, 6.07) is 3.95. The molecule has 0 radical (unpaired) electrons. The Balaban J connectivity index is 3.79. The third-order valence-corrected chi connectivity index (χ3v) is 5.04.